The van der Waals surface area contributed by atoms with E-state index in [1.165, 1.54) is 11.1 Å². The SMILES string of the molecule is Cc1cc(C)cc(C(O)C2CN(C(C)C)CCO2)c1. The average molecular weight is 263 g/mol. The molecule has 1 fully saturated rings. The van der Waals surface area contributed by atoms with Gasteiger partial charge < -0.3 is 9.84 Å². The van der Waals surface area contributed by atoms with Gasteiger partial charge in [0.15, 0.2) is 0 Å². The fourth-order valence-electron chi connectivity index (χ4n) is 2.75. The van der Waals surface area contributed by atoms with E-state index in [1.54, 1.807) is 0 Å². The van der Waals surface area contributed by atoms with Crippen LogP contribution in [0.4, 0.5) is 0 Å². The first-order valence-corrected chi connectivity index (χ1v) is 7.09. The van der Waals surface area contributed by atoms with Crippen molar-refractivity contribution in [3.05, 3.63) is 34.9 Å². The third-order valence-corrected chi connectivity index (χ3v) is 3.79. The van der Waals surface area contributed by atoms with Crippen molar-refractivity contribution in [2.45, 2.75) is 45.9 Å². The molecule has 106 valence electrons. The molecule has 3 nitrogen and oxygen atoms in total. The molecular weight excluding hydrogens is 238 g/mol. The molecule has 1 heterocycles. The van der Waals surface area contributed by atoms with E-state index in [4.69, 9.17) is 4.74 Å². The lowest BCUT2D eigenvalue weighted by atomic mass is 9.98. The molecular formula is C16H25NO2. The van der Waals surface area contributed by atoms with Crippen LogP contribution in [-0.4, -0.2) is 41.8 Å². The van der Waals surface area contributed by atoms with Gasteiger partial charge in [-0.1, -0.05) is 29.3 Å². The largest absolute Gasteiger partial charge is 0.386 e. The maximum absolute atomic E-state index is 10.5. The van der Waals surface area contributed by atoms with Gasteiger partial charge in [0.05, 0.1) is 6.61 Å². The lowest BCUT2D eigenvalue weighted by Crippen LogP contribution is -2.47. The molecule has 1 aliphatic heterocycles. The van der Waals surface area contributed by atoms with E-state index in [0.29, 0.717) is 12.6 Å². The van der Waals surface area contributed by atoms with Gasteiger partial charge in [0.1, 0.15) is 12.2 Å². The van der Waals surface area contributed by atoms with Crippen LogP contribution >= 0.6 is 0 Å². The van der Waals surface area contributed by atoms with E-state index in [9.17, 15) is 5.11 Å². The topological polar surface area (TPSA) is 32.7 Å². The van der Waals surface area contributed by atoms with Crippen molar-refractivity contribution in [2.24, 2.45) is 0 Å². The first kappa shape index (κ1) is 14.5. The Morgan fingerprint density at radius 2 is 1.84 bits per heavy atom. The quantitative estimate of drug-likeness (QED) is 0.909. The van der Waals surface area contributed by atoms with Crippen molar-refractivity contribution in [1.82, 2.24) is 4.90 Å². The van der Waals surface area contributed by atoms with Crippen LogP contribution in [0.2, 0.25) is 0 Å². The second-order valence-electron chi connectivity index (χ2n) is 5.86. The Hall–Kier alpha value is -0.900. The van der Waals surface area contributed by atoms with Gasteiger partial charge in [-0.15, -0.1) is 0 Å². The summed E-state index contributed by atoms with van der Waals surface area (Å²) in [6.07, 6.45) is -0.669. The summed E-state index contributed by atoms with van der Waals surface area (Å²) in [5.41, 5.74) is 3.34. The number of benzene rings is 1. The molecule has 3 heteroatoms. The van der Waals surface area contributed by atoms with Gasteiger partial charge in [-0.2, -0.15) is 0 Å². The summed E-state index contributed by atoms with van der Waals surface area (Å²) in [6, 6.07) is 6.72. The minimum atomic E-state index is -0.542. The lowest BCUT2D eigenvalue weighted by Gasteiger charge is -2.37. The number of aliphatic hydroxyl groups is 1. The van der Waals surface area contributed by atoms with Gasteiger partial charge in [-0.3, -0.25) is 4.90 Å². The molecule has 0 saturated carbocycles. The highest BCUT2D eigenvalue weighted by molar-refractivity contribution is 5.30. The lowest BCUT2D eigenvalue weighted by molar-refractivity contribution is -0.0961. The molecule has 2 atom stereocenters. The molecule has 0 spiro atoms. The molecule has 0 radical (unpaired) electrons. The van der Waals surface area contributed by atoms with Crippen LogP contribution in [-0.2, 0) is 4.74 Å². The van der Waals surface area contributed by atoms with Crippen LogP contribution in [0.25, 0.3) is 0 Å². The minimum Gasteiger partial charge on any atom is -0.386 e. The number of aliphatic hydroxyl groups excluding tert-OH is 1. The van der Waals surface area contributed by atoms with Gasteiger partial charge in [0.25, 0.3) is 0 Å². The number of morpholine rings is 1. The Balaban J connectivity index is 2.12. The first-order valence-electron chi connectivity index (χ1n) is 7.09. The van der Waals surface area contributed by atoms with Gasteiger partial charge >= 0.3 is 0 Å². The number of aryl methyl sites for hydroxylation is 2. The summed E-state index contributed by atoms with van der Waals surface area (Å²) < 4.78 is 5.76. The third kappa shape index (κ3) is 3.56. The highest BCUT2D eigenvalue weighted by Gasteiger charge is 2.29. The van der Waals surface area contributed by atoms with Gasteiger partial charge in [-0.05, 0) is 33.3 Å². The molecule has 1 saturated heterocycles. The van der Waals surface area contributed by atoms with E-state index in [-0.39, 0.29) is 6.10 Å². The third-order valence-electron chi connectivity index (χ3n) is 3.79. The Labute approximate surface area is 116 Å². The van der Waals surface area contributed by atoms with Crippen molar-refractivity contribution in [1.29, 1.82) is 0 Å². The number of nitrogens with zero attached hydrogens (tertiary/aromatic N) is 1. The zero-order valence-corrected chi connectivity index (χ0v) is 12.4. The summed E-state index contributed by atoms with van der Waals surface area (Å²) in [5, 5.41) is 10.5. The van der Waals surface area contributed by atoms with E-state index in [2.05, 4.69) is 50.8 Å². The highest BCUT2D eigenvalue weighted by atomic mass is 16.5. The number of ether oxygens (including phenoxy) is 1. The molecule has 1 aromatic carbocycles. The zero-order chi connectivity index (χ0) is 14.0. The number of hydrogen-bond donors (Lipinski definition) is 1. The standard InChI is InChI=1S/C16H25NO2/c1-11(2)17-5-6-19-15(10-17)16(18)14-8-12(3)7-13(4)9-14/h7-9,11,15-16,18H,5-6,10H2,1-4H3. The smallest absolute Gasteiger partial charge is 0.106 e. The Bertz CT molecular complexity index is 411. The van der Waals surface area contributed by atoms with Crippen molar-refractivity contribution in [2.75, 3.05) is 19.7 Å². The number of rotatable bonds is 3. The predicted octanol–water partition coefficient (Wildman–Crippen LogP) is 2.45. The Kier molecular flexibility index (Phi) is 4.61. The molecule has 1 aromatic rings. The van der Waals surface area contributed by atoms with Crippen molar-refractivity contribution in [3.63, 3.8) is 0 Å². The van der Waals surface area contributed by atoms with Crippen LogP contribution in [0.5, 0.6) is 0 Å². The first-order chi connectivity index (χ1) is 8.97. The zero-order valence-electron chi connectivity index (χ0n) is 12.4. The summed E-state index contributed by atoms with van der Waals surface area (Å²) >= 11 is 0. The molecule has 19 heavy (non-hydrogen) atoms. The number of hydrogen-bond acceptors (Lipinski definition) is 3. The highest BCUT2D eigenvalue weighted by Crippen LogP contribution is 2.24. The molecule has 0 bridgehead atoms. The maximum Gasteiger partial charge on any atom is 0.106 e. The summed E-state index contributed by atoms with van der Waals surface area (Å²) in [6.45, 7) is 10.9. The Morgan fingerprint density at radius 3 is 2.42 bits per heavy atom. The van der Waals surface area contributed by atoms with Crippen LogP contribution < -0.4 is 0 Å². The molecule has 1 aliphatic rings. The van der Waals surface area contributed by atoms with Gasteiger partial charge in [0.2, 0.25) is 0 Å². The predicted molar refractivity (Wildman–Crippen MR) is 77.3 cm³/mol. The summed E-state index contributed by atoms with van der Waals surface area (Å²) in [7, 11) is 0. The molecule has 2 unspecified atom stereocenters. The van der Waals surface area contributed by atoms with Crippen molar-refractivity contribution in [3.8, 4) is 0 Å². The van der Waals surface area contributed by atoms with E-state index < -0.39 is 6.10 Å². The van der Waals surface area contributed by atoms with Gasteiger partial charge in [-0.25, -0.2) is 0 Å². The fraction of sp³-hybridized carbons (Fsp3) is 0.625. The normalized spacial score (nSPS) is 22.7. The molecule has 2 rings (SSSR count). The average Bonchev–Trinajstić information content (AvgIpc) is 2.37. The molecule has 0 aromatic heterocycles. The Morgan fingerprint density at radius 1 is 1.21 bits per heavy atom. The van der Waals surface area contributed by atoms with Crippen molar-refractivity contribution >= 4 is 0 Å². The van der Waals surface area contributed by atoms with Crippen LogP contribution in [0.1, 0.15) is 36.6 Å². The fourth-order valence-corrected chi connectivity index (χ4v) is 2.75. The van der Waals surface area contributed by atoms with E-state index in [0.717, 1.165) is 18.7 Å². The molecule has 0 aliphatic carbocycles. The van der Waals surface area contributed by atoms with Crippen LogP contribution in [0.3, 0.4) is 0 Å². The van der Waals surface area contributed by atoms with E-state index in [1.807, 2.05) is 0 Å². The second kappa shape index (κ2) is 6.04. The van der Waals surface area contributed by atoms with Crippen molar-refractivity contribution < 1.29 is 9.84 Å². The van der Waals surface area contributed by atoms with E-state index >= 15 is 0 Å². The minimum absolute atomic E-state index is 0.127. The molecule has 1 N–H and O–H groups in total. The second-order valence-corrected chi connectivity index (χ2v) is 5.86. The summed E-state index contributed by atoms with van der Waals surface area (Å²) in [4.78, 5) is 2.36. The van der Waals surface area contributed by atoms with Gasteiger partial charge in [0, 0.05) is 19.1 Å². The monoisotopic (exact) mass is 263 g/mol. The summed E-state index contributed by atoms with van der Waals surface area (Å²) in [5.74, 6) is 0. The molecule has 0 amide bonds. The van der Waals surface area contributed by atoms with Crippen LogP contribution in [0.15, 0.2) is 18.2 Å². The van der Waals surface area contributed by atoms with Crippen LogP contribution in [0, 0.1) is 13.8 Å². The maximum atomic E-state index is 10.5.